The predicted molar refractivity (Wildman–Crippen MR) is 104 cm³/mol. The summed E-state index contributed by atoms with van der Waals surface area (Å²) in [6, 6.07) is 7.42. The Morgan fingerprint density at radius 3 is 2.96 bits per heavy atom. The van der Waals surface area contributed by atoms with E-state index < -0.39 is 6.10 Å². The molecule has 0 bridgehead atoms. The van der Waals surface area contributed by atoms with Gasteiger partial charge in [-0.05, 0) is 37.0 Å². The van der Waals surface area contributed by atoms with Crippen LogP contribution in [-0.4, -0.2) is 31.4 Å². The molecule has 0 spiro atoms. The number of aliphatic hydroxyl groups is 1. The van der Waals surface area contributed by atoms with Gasteiger partial charge in [0.25, 0.3) is 0 Å². The highest BCUT2D eigenvalue weighted by Crippen LogP contribution is 2.47. The van der Waals surface area contributed by atoms with Crippen LogP contribution >= 0.6 is 11.3 Å². The third kappa shape index (κ3) is 2.68. The van der Waals surface area contributed by atoms with E-state index >= 15 is 0 Å². The molecule has 1 saturated carbocycles. The zero-order chi connectivity index (χ0) is 19.3. The van der Waals surface area contributed by atoms with Gasteiger partial charge in [-0.2, -0.15) is 10.4 Å². The number of hydrogen-bond acceptors (Lipinski definition) is 6. The highest BCUT2D eigenvalue weighted by Gasteiger charge is 2.33. The number of nitriles is 1. The number of thiazole rings is 1. The van der Waals surface area contributed by atoms with Crippen LogP contribution < -0.4 is 4.74 Å². The van der Waals surface area contributed by atoms with Crippen molar-refractivity contribution in [3.8, 4) is 17.5 Å². The molecule has 5 rings (SSSR count). The summed E-state index contributed by atoms with van der Waals surface area (Å²) < 4.78 is 8.83. The molecule has 3 heterocycles. The Bertz CT molecular complexity index is 1210. The van der Waals surface area contributed by atoms with Crippen molar-refractivity contribution in [1.82, 2.24) is 19.2 Å². The van der Waals surface area contributed by atoms with Crippen molar-refractivity contribution < 1.29 is 9.84 Å². The topological polar surface area (TPSA) is 88.4 Å². The van der Waals surface area contributed by atoms with Crippen LogP contribution in [0.3, 0.4) is 0 Å². The van der Waals surface area contributed by atoms with E-state index in [0.29, 0.717) is 22.8 Å². The number of rotatable bonds is 5. The molecule has 1 atom stereocenters. The second kappa shape index (κ2) is 6.48. The van der Waals surface area contributed by atoms with Gasteiger partial charge >= 0.3 is 0 Å². The summed E-state index contributed by atoms with van der Waals surface area (Å²) in [7, 11) is 1.54. The van der Waals surface area contributed by atoms with E-state index in [1.807, 2.05) is 16.7 Å². The Morgan fingerprint density at radius 1 is 1.36 bits per heavy atom. The Morgan fingerprint density at radius 2 is 2.21 bits per heavy atom. The van der Waals surface area contributed by atoms with Crippen molar-refractivity contribution in [2.45, 2.75) is 24.9 Å². The van der Waals surface area contributed by atoms with Gasteiger partial charge in [0.15, 0.2) is 0 Å². The Balaban J connectivity index is 1.53. The van der Waals surface area contributed by atoms with Gasteiger partial charge in [0.2, 0.25) is 0 Å². The van der Waals surface area contributed by atoms with Crippen LogP contribution in [-0.2, 0) is 0 Å². The van der Waals surface area contributed by atoms with Gasteiger partial charge in [0.1, 0.15) is 29.1 Å². The lowest BCUT2D eigenvalue weighted by atomic mass is 10.1. The van der Waals surface area contributed by atoms with Crippen molar-refractivity contribution >= 4 is 16.2 Å². The SMILES string of the molecule is COc1ccc(-n2cc(C(O)c3c(C4CC4)sc4cncn34)cn2)cc1C#N. The molecule has 0 aliphatic heterocycles. The number of benzene rings is 1. The number of nitrogens with zero attached hydrogens (tertiary/aromatic N) is 5. The first kappa shape index (κ1) is 17.0. The standard InChI is InChI=1S/C20H17N5O2S/c1-27-16-5-4-15(6-13(16)7-21)25-10-14(8-23-25)19(26)18-20(12-2-3-12)28-17-9-22-11-24(17)18/h4-6,8-12,19,26H,2-3H2,1H3. The van der Waals surface area contributed by atoms with E-state index in [-0.39, 0.29) is 0 Å². The van der Waals surface area contributed by atoms with Gasteiger partial charge < -0.3 is 9.84 Å². The Kier molecular flexibility index (Phi) is 3.93. The number of hydrogen-bond donors (Lipinski definition) is 1. The van der Waals surface area contributed by atoms with E-state index in [1.165, 1.54) is 24.8 Å². The highest BCUT2D eigenvalue weighted by molar-refractivity contribution is 7.17. The summed E-state index contributed by atoms with van der Waals surface area (Å²) in [5.74, 6) is 1.05. The first-order chi connectivity index (χ1) is 13.7. The van der Waals surface area contributed by atoms with Crippen molar-refractivity contribution in [2.24, 2.45) is 0 Å². The fourth-order valence-corrected chi connectivity index (χ4v) is 4.73. The molecule has 8 heteroatoms. The minimum atomic E-state index is -0.791. The summed E-state index contributed by atoms with van der Waals surface area (Å²) >= 11 is 1.70. The van der Waals surface area contributed by atoms with Crippen LogP contribution in [0.2, 0.25) is 0 Å². The van der Waals surface area contributed by atoms with Crippen molar-refractivity contribution in [1.29, 1.82) is 5.26 Å². The third-order valence-electron chi connectivity index (χ3n) is 5.02. The molecule has 7 nitrogen and oxygen atoms in total. The van der Waals surface area contributed by atoms with Crippen molar-refractivity contribution in [3.05, 3.63) is 64.8 Å². The fraction of sp³-hybridized carbons (Fsp3) is 0.250. The molecule has 1 aromatic carbocycles. The van der Waals surface area contributed by atoms with Crippen LogP contribution in [0.4, 0.5) is 0 Å². The molecule has 28 heavy (non-hydrogen) atoms. The molecular formula is C20H17N5O2S. The average molecular weight is 391 g/mol. The lowest BCUT2D eigenvalue weighted by molar-refractivity contribution is 0.213. The van der Waals surface area contributed by atoms with Crippen LogP contribution in [0.15, 0.2) is 43.1 Å². The molecule has 3 aromatic heterocycles. The van der Waals surface area contributed by atoms with Crippen LogP contribution in [0, 0.1) is 11.3 Å². The first-order valence-electron chi connectivity index (χ1n) is 8.95. The number of methoxy groups -OCH3 is 1. The maximum absolute atomic E-state index is 11.1. The normalized spacial score (nSPS) is 14.9. The first-order valence-corrected chi connectivity index (χ1v) is 9.77. The lowest BCUT2D eigenvalue weighted by Crippen LogP contribution is -2.05. The maximum Gasteiger partial charge on any atom is 0.136 e. The molecule has 1 aliphatic rings. The molecule has 1 unspecified atom stereocenters. The minimum absolute atomic E-state index is 0.437. The number of fused-ring (bicyclic) bond motifs is 1. The van der Waals surface area contributed by atoms with Gasteiger partial charge in [0.05, 0.1) is 36.4 Å². The molecule has 0 saturated heterocycles. The quantitative estimate of drug-likeness (QED) is 0.563. The molecule has 1 N–H and O–H groups in total. The monoisotopic (exact) mass is 391 g/mol. The number of aromatic nitrogens is 4. The summed E-state index contributed by atoms with van der Waals surface area (Å²) in [6.45, 7) is 0. The minimum Gasteiger partial charge on any atom is -0.495 e. The summed E-state index contributed by atoms with van der Waals surface area (Å²) in [5, 5.41) is 24.8. The predicted octanol–water partition coefficient (Wildman–Crippen LogP) is 3.42. The third-order valence-corrected chi connectivity index (χ3v) is 6.30. The van der Waals surface area contributed by atoms with Gasteiger partial charge in [0, 0.05) is 16.6 Å². The van der Waals surface area contributed by atoms with Gasteiger partial charge in [-0.15, -0.1) is 11.3 Å². The van der Waals surface area contributed by atoms with Crippen LogP contribution in [0.1, 0.15) is 46.6 Å². The Labute approximate surface area is 165 Å². The number of aliphatic hydroxyl groups excluding tert-OH is 1. The van der Waals surface area contributed by atoms with Gasteiger partial charge in [-0.1, -0.05) is 0 Å². The fourth-order valence-electron chi connectivity index (χ4n) is 3.43. The second-order valence-corrected chi connectivity index (χ2v) is 7.91. The average Bonchev–Trinajstić information content (AvgIpc) is 3.13. The van der Waals surface area contributed by atoms with E-state index in [0.717, 1.165) is 16.2 Å². The smallest absolute Gasteiger partial charge is 0.136 e. The van der Waals surface area contributed by atoms with Crippen LogP contribution in [0.25, 0.3) is 10.5 Å². The molecule has 1 aliphatic carbocycles. The molecule has 1 fully saturated rings. The van der Waals surface area contributed by atoms with Crippen molar-refractivity contribution in [2.75, 3.05) is 7.11 Å². The molecule has 140 valence electrons. The highest BCUT2D eigenvalue weighted by atomic mass is 32.1. The molecule has 0 amide bonds. The lowest BCUT2D eigenvalue weighted by Gasteiger charge is -2.10. The number of imidazole rings is 1. The summed E-state index contributed by atoms with van der Waals surface area (Å²) in [6.07, 6.45) is 8.59. The van der Waals surface area contributed by atoms with Gasteiger partial charge in [-0.25, -0.2) is 9.67 Å². The summed E-state index contributed by atoms with van der Waals surface area (Å²) in [5.41, 5.74) is 2.75. The van der Waals surface area contributed by atoms with Crippen molar-refractivity contribution in [3.63, 3.8) is 0 Å². The zero-order valence-electron chi connectivity index (χ0n) is 15.1. The second-order valence-electron chi connectivity index (χ2n) is 6.84. The van der Waals surface area contributed by atoms with Gasteiger partial charge in [-0.3, -0.25) is 4.40 Å². The largest absolute Gasteiger partial charge is 0.495 e. The van der Waals surface area contributed by atoms with E-state index in [1.54, 1.807) is 46.9 Å². The van der Waals surface area contributed by atoms with E-state index in [9.17, 15) is 10.4 Å². The molecule has 0 radical (unpaired) electrons. The Hall–Kier alpha value is -3.15. The van der Waals surface area contributed by atoms with E-state index in [4.69, 9.17) is 4.74 Å². The molecular weight excluding hydrogens is 374 g/mol. The zero-order valence-corrected chi connectivity index (χ0v) is 15.9. The molecule has 4 aromatic rings. The number of ether oxygens (including phenoxy) is 1. The van der Waals surface area contributed by atoms with Crippen LogP contribution in [0.5, 0.6) is 5.75 Å². The summed E-state index contributed by atoms with van der Waals surface area (Å²) in [4.78, 5) is 6.48. The van der Waals surface area contributed by atoms with E-state index in [2.05, 4.69) is 16.2 Å². The maximum atomic E-state index is 11.1.